The minimum absolute atomic E-state index is 0.838. The Balaban J connectivity index is 2.20. The molecule has 23 heavy (non-hydrogen) atoms. The molecule has 0 amide bonds. The van der Waals surface area contributed by atoms with Crippen LogP contribution in [-0.2, 0) is 6.54 Å². The van der Waals surface area contributed by atoms with E-state index in [1.807, 2.05) is 0 Å². The molecule has 2 aromatic carbocycles. The summed E-state index contributed by atoms with van der Waals surface area (Å²) < 4.78 is 2.39. The van der Waals surface area contributed by atoms with E-state index in [-0.39, 0.29) is 0 Å². The fourth-order valence-electron chi connectivity index (χ4n) is 3.29. The molecule has 0 saturated carbocycles. The summed E-state index contributed by atoms with van der Waals surface area (Å²) in [7, 11) is 0. The molecule has 0 unspecified atom stereocenters. The normalized spacial score (nSPS) is 11.7. The van der Waals surface area contributed by atoms with Crippen LogP contribution in [0.4, 0.5) is 5.69 Å². The van der Waals surface area contributed by atoms with Crippen molar-refractivity contribution in [2.45, 2.75) is 34.2 Å². The first-order chi connectivity index (χ1) is 11.0. The maximum Gasteiger partial charge on any atom is 0.0491 e. The highest BCUT2D eigenvalue weighted by Crippen LogP contribution is 2.29. The van der Waals surface area contributed by atoms with Crippen LogP contribution in [0.15, 0.2) is 42.5 Å². The zero-order chi connectivity index (χ0) is 16.6. The third-order valence-electron chi connectivity index (χ3n) is 4.77. The van der Waals surface area contributed by atoms with Gasteiger partial charge in [-0.25, -0.2) is 0 Å². The molecule has 2 N–H and O–H groups in total. The van der Waals surface area contributed by atoms with E-state index >= 15 is 0 Å². The number of anilines is 1. The van der Waals surface area contributed by atoms with Crippen molar-refractivity contribution in [2.75, 3.05) is 5.73 Å². The van der Waals surface area contributed by atoms with E-state index < -0.39 is 0 Å². The number of aromatic nitrogens is 1. The molecule has 0 bridgehead atoms. The SMILES string of the molecule is C/C=C\c1c(C)c2ccccc2n1Cc1ccc(C)c(N)c1C. The fraction of sp³-hybridized carbons (Fsp3) is 0.238. The Kier molecular flexibility index (Phi) is 3.99. The quantitative estimate of drug-likeness (QED) is 0.660. The lowest BCUT2D eigenvalue weighted by atomic mass is 10.0. The second-order valence-electron chi connectivity index (χ2n) is 6.19. The van der Waals surface area contributed by atoms with Crippen molar-refractivity contribution < 1.29 is 0 Å². The molecule has 3 aromatic rings. The Morgan fingerprint density at radius 3 is 2.48 bits per heavy atom. The summed E-state index contributed by atoms with van der Waals surface area (Å²) in [5.74, 6) is 0. The van der Waals surface area contributed by atoms with Crippen LogP contribution in [0.3, 0.4) is 0 Å². The number of para-hydroxylation sites is 1. The molecule has 0 aliphatic heterocycles. The lowest BCUT2D eigenvalue weighted by molar-refractivity contribution is 0.818. The Hall–Kier alpha value is -2.48. The molecule has 118 valence electrons. The predicted molar refractivity (Wildman–Crippen MR) is 101 cm³/mol. The van der Waals surface area contributed by atoms with Crippen LogP contribution < -0.4 is 5.73 Å². The molecule has 0 radical (unpaired) electrons. The molecule has 1 heterocycles. The predicted octanol–water partition coefficient (Wildman–Crippen LogP) is 5.23. The second-order valence-corrected chi connectivity index (χ2v) is 6.19. The van der Waals surface area contributed by atoms with Gasteiger partial charge in [0.25, 0.3) is 0 Å². The second kappa shape index (κ2) is 5.96. The van der Waals surface area contributed by atoms with Gasteiger partial charge in [0.05, 0.1) is 0 Å². The standard InChI is InChI=1S/C21H24N2/c1-5-8-19-16(4)18-9-6-7-10-20(18)23(19)13-17-12-11-14(2)21(22)15(17)3/h5-12H,13,22H2,1-4H3/b8-5-. The molecule has 1 aromatic heterocycles. The van der Waals surface area contributed by atoms with Crippen LogP contribution in [0.25, 0.3) is 17.0 Å². The zero-order valence-electron chi connectivity index (χ0n) is 14.4. The van der Waals surface area contributed by atoms with Crippen LogP contribution in [0, 0.1) is 20.8 Å². The summed E-state index contributed by atoms with van der Waals surface area (Å²) in [5.41, 5.74) is 14.6. The summed E-state index contributed by atoms with van der Waals surface area (Å²) >= 11 is 0. The van der Waals surface area contributed by atoms with Crippen molar-refractivity contribution in [3.63, 3.8) is 0 Å². The first-order valence-corrected chi connectivity index (χ1v) is 8.09. The Labute approximate surface area is 138 Å². The molecule has 0 atom stereocenters. The van der Waals surface area contributed by atoms with Crippen molar-refractivity contribution in [3.8, 4) is 0 Å². The summed E-state index contributed by atoms with van der Waals surface area (Å²) in [4.78, 5) is 0. The van der Waals surface area contributed by atoms with Gasteiger partial charge in [0.15, 0.2) is 0 Å². The minimum atomic E-state index is 0.838. The topological polar surface area (TPSA) is 30.9 Å². The number of nitrogens with two attached hydrogens (primary N) is 1. The van der Waals surface area contributed by atoms with E-state index in [0.29, 0.717) is 0 Å². The van der Waals surface area contributed by atoms with Gasteiger partial charge in [-0.2, -0.15) is 0 Å². The minimum Gasteiger partial charge on any atom is -0.398 e. The van der Waals surface area contributed by atoms with Crippen molar-refractivity contribution in [1.82, 2.24) is 4.57 Å². The summed E-state index contributed by atoms with van der Waals surface area (Å²) in [6.45, 7) is 9.28. The van der Waals surface area contributed by atoms with Crippen LogP contribution in [0.2, 0.25) is 0 Å². The molecule has 3 rings (SSSR count). The molecule has 0 aliphatic rings. The first kappa shape index (κ1) is 15.4. The van der Waals surface area contributed by atoms with Crippen LogP contribution in [0.5, 0.6) is 0 Å². The van der Waals surface area contributed by atoms with E-state index in [0.717, 1.165) is 17.8 Å². The number of aryl methyl sites for hydroxylation is 2. The summed E-state index contributed by atoms with van der Waals surface area (Å²) in [5, 5.41) is 1.32. The van der Waals surface area contributed by atoms with Crippen LogP contribution >= 0.6 is 0 Å². The number of rotatable bonds is 3. The van der Waals surface area contributed by atoms with E-state index in [1.54, 1.807) is 0 Å². The number of hydrogen-bond acceptors (Lipinski definition) is 1. The van der Waals surface area contributed by atoms with E-state index in [4.69, 9.17) is 5.73 Å². The molecule has 0 saturated heterocycles. The molecule has 0 spiro atoms. The fourth-order valence-corrected chi connectivity index (χ4v) is 3.29. The van der Waals surface area contributed by atoms with Crippen molar-refractivity contribution in [2.24, 2.45) is 0 Å². The number of hydrogen-bond donors (Lipinski definition) is 1. The van der Waals surface area contributed by atoms with Crippen molar-refractivity contribution in [1.29, 1.82) is 0 Å². The summed E-state index contributed by atoms with van der Waals surface area (Å²) in [6, 6.07) is 12.9. The third kappa shape index (κ3) is 2.55. The molecule has 0 fully saturated rings. The van der Waals surface area contributed by atoms with Crippen LogP contribution in [-0.4, -0.2) is 4.57 Å². The van der Waals surface area contributed by atoms with Gasteiger partial charge in [0.1, 0.15) is 0 Å². The monoisotopic (exact) mass is 304 g/mol. The Bertz CT molecular complexity index is 898. The first-order valence-electron chi connectivity index (χ1n) is 8.09. The molecule has 0 aliphatic carbocycles. The maximum atomic E-state index is 6.23. The summed E-state index contributed by atoms with van der Waals surface area (Å²) in [6.07, 6.45) is 4.30. The van der Waals surface area contributed by atoms with E-state index in [9.17, 15) is 0 Å². The average molecular weight is 304 g/mol. The van der Waals surface area contributed by atoms with Gasteiger partial charge in [-0.05, 0) is 62.1 Å². The smallest absolute Gasteiger partial charge is 0.0491 e. The lowest BCUT2D eigenvalue weighted by Gasteiger charge is -2.14. The lowest BCUT2D eigenvalue weighted by Crippen LogP contribution is -2.06. The van der Waals surface area contributed by atoms with Gasteiger partial charge in [-0.3, -0.25) is 0 Å². The highest BCUT2D eigenvalue weighted by molar-refractivity contribution is 5.88. The van der Waals surface area contributed by atoms with E-state index in [1.165, 1.54) is 33.3 Å². The number of allylic oxidation sites excluding steroid dienone is 1. The largest absolute Gasteiger partial charge is 0.398 e. The Morgan fingerprint density at radius 1 is 1.00 bits per heavy atom. The molecular weight excluding hydrogens is 280 g/mol. The highest BCUT2D eigenvalue weighted by Gasteiger charge is 2.13. The molecule has 2 heteroatoms. The number of nitrogen functional groups attached to an aromatic ring is 1. The van der Waals surface area contributed by atoms with Gasteiger partial charge in [-0.1, -0.05) is 36.4 Å². The van der Waals surface area contributed by atoms with Gasteiger partial charge in [-0.15, -0.1) is 0 Å². The zero-order valence-corrected chi connectivity index (χ0v) is 14.4. The van der Waals surface area contributed by atoms with E-state index in [2.05, 4.69) is 80.8 Å². The third-order valence-corrected chi connectivity index (χ3v) is 4.77. The van der Waals surface area contributed by atoms with Gasteiger partial charge in [0.2, 0.25) is 0 Å². The maximum absolute atomic E-state index is 6.23. The van der Waals surface area contributed by atoms with Gasteiger partial charge < -0.3 is 10.3 Å². The number of benzene rings is 2. The van der Waals surface area contributed by atoms with Gasteiger partial charge >= 0.3 is 0 Å². The average Bonchev–Trinajstić information content (AvgIpc) is 2.82. The molecule has 2 nitrogen and oxygen atoms in total. The molecular formula is C21H24N2. The van der Waals surface area contributed by atoms with Crippen molar-refractivity contribution in [3.05, 3.63) is 70.4 Å². The van der Waals surface area contributed by atoms with Crippen molar-refractivity contribution >= 4 is 22.7 Å². The number of fused-ring (bicyclic) bond motifs is 1. The highest BCUT2D eigenvalue weighted by atomic mass is 15.0. The van der Waals surface area contributed by atoms with Crippen LogP contribution in [0.1, 0.15) is 34.9 Å². The van der Waals surface area contributed by atoms with Gasteiger partial charge in [0, 0.05) is 28.8 Å². The number of nitrogens with zero attached hydrogens (tertiary/aromatic N) is 1. The Morgan fingerprint density at radius 2 is 1.74 bits per heavy atom.